The van der Waals surface area contributed by atoms with Gasteiger partial charge in [0.1, 0.15) is 0 Å². The Morgan fingerprint density at radius 1 is 0.897 bits per heavy atom. The van der Waals surface area contributed by atoms with E-state index in [1.807, 2.05) is 12.1 Å². The van der Waals surface area contributed by atoms with Crippen molar-refractivity contribution in [3.63, 3.8) is 0 Å². The number of benzene rings is 3. The average Bonchev–Trinajstić information content (AvgIpc) is 3.26. The molecule has 1 aliphatic rings. The Bertz CT molecular complexity index is 1550. The zero-order chi connectivity index (χ0) is 22.3. The van der Waals surface area contributed by atoms with Gasteiger partial charge in [-0.1, -0.05) is 0 Å². The number of pyridine rings is 1. The summed E-state index contributed by atoms with van der Waals surface area (Å²) in [5.74, 6) is 4.91. The molecule has 0 atom stereocenters. The molecule has 0 aliphatic carbocycles. The first kappa shape index (κ1) is 14.2. The van der Waals surface area contributed by atoms with Crippen LogP contribution < -0.4 is 8.79 Å². The number of nitrogens with zero attached hydrogens (tertiary/aromatic N) is 1. The monoisotopic (exact) mass is 440 g/mol. The van der Waals surface area contributed by atoms with Gasteiger partial charge in [-0.25, -0.2) is 0 Å². The Kier molecular flexibility index (Phi) is 2.85. The maximum absolute atomic E-state index is 7.76. The standard InChI is InChI=1S/C26H21GeNO/c1-16-13-14-28-22(15-16)18-8-6-9-19-25-23(29-26(18)19)12-11-21-24(25)17-7-4-5-10-20(17)27(21,2)3/h4-15H,1-3H3/i1D3. The molecular weight excluding hydrogens is 415 g/mol. The molecule has 0 bridgehead atoms. The Balaban J connectivity index is 1.68. The zero-order valence-corrected chi connectivity index (χ0v) is 18.4. The fourth-order valence-corrected chi connectivity index (χ4v) is 11.3. The van der Waals surface area contributed by atoms with E-state index >= 15 is 0 Å². The van der Waals surface area contributed by atoms with Crippen molar-refractivity contribution < 1.29 is 8.53 Å². The number of fused-ring (bicyclic) bond motifs is 7. The van der Waals surface area contributed by atoms with Crippen molar-refractivity contribution >= 4 is 44.0 Å². The van der Waals surface area contributed by atoms with Crippen LogP contribution in [0.15, 0.2) is 77.3 Å². The molecule has 0 fully saturated rings. The summed E-state index contributed by atoms with van der Waals surface area (Å²) in [6, 6.07) is 22.4. The van der Waals surface area contributed by atoms with Gasteiger partial charge in [0.15, 0.2) is 0 Å². The van der Waals surface area contributed by atoms with Gasteiger partial charge in [-0.15, -0.1) is 0 Å². The van der Waals surface area contributed by atoms with Crippen molar-refractivity contribution in [2.75, 3.05) is 0 Å². The molecule has 0 radical (unpaired) electrons. The van der Waals surface area contributed by atoms with Gasteiger partial charge in [-0.2, -0.15) is 0 Å². The second-order valence-electron chi connectivity index (χ2n) is 8.25. The summed E-state index contributed by atoms with van der Waals surface area (Å²) < 4.78 is 32.7. The first-order valence-corrected chi connectivity index (χ1v) is 16.1. The Morgan fingerprint density at radius 3 is 2.66 bits per heavy atom. The molecule has 0 saturated heterocycles. The molecule has 0 N–H and O–H groups in total. The van der Waals surface area contributed by atoms with Crippen LogP contribution in [0.25, 0.3) is 44.3 Å². The third-order valence-electron chi connectivity index (χ3n) is 6.24. The summed E-state index contributed by atoms with van der Waals surface area (Å²) in [4.78, 5) is 4.47. The van der Waals surface area contributed by atoms with Gasteiger partial charge in [-0.05, 0) is 0 Å². The second kappa shape index (κ2) is 5.83. The summed E-state index contributed by atoms with van der Waals surface area (Å²) in [5, 5.41) is 2.19. The van der Waals surface area contributed by atoms with E-state index in [2.05, 4.69) is 59.0 Å². The van der Waals surface area contributed by atoms with Crippen molar-refractivity contribution in [3.8, 4) is 22.4 Å². The molecule has 3 heteroatoms. The summed E-state index contributed by atoms with van der Waals surface area (Å²) in [6.07, 6.45) is 1.56. The Labute approximate surface area is 176 Å². The average molecular weight is 439 g/mol. The van der Waals surface area contributed by atoms with Crippen LogP contribution in [0.3, 0.4) is 0 Å². The summed E-state index contributed by atoms with van der Waals surface area (Å²) >= 11 is -2.38. The molecule has 0 saturated carbocycles. The van der Waals surface area contributed by atoms with Gasteiger partial charge >= 0.3 is 177 Å². The molecule has 3 heterocycles. The molecule has 2 aromatic heterocycles. The van der Waals surface area contributed by atoms with Gasteiger partial charge in [0.25, 0.3) is 0 Å². The van der Waals surface area contributed by atoms with Gasteiger partial charge in [0.05, 0.1) is 0 Å². The fraction of sp³-hybridized carbons (Fsp3) is 0.115. The van der Waals surface area contributed by atoms with E-state index in [0.29, 0.717) is 5.69 Å². The van der Waals surface area contributed by atoms with Gasteiger partial charge in [0, 0.05) is 0 Å². The van der Waals surface area contributed by atoms with Crippen LogP contribution in [0.4, 0.5) is 0 Å². The van der Waals surface area contributed by atoms with Crippen LogP contribution in [-0.4, -0.2) is 18.3 Å². The van der Waals surface area contributed by atoms with Crippen molar-refractivity contribution in [3.05, 3.63) is 78.5 Å². The minimum absolute atomic E-state index is 0.278. The number of hydrogen-bond donors (Lipinski definition) is 0. The zero-order valence-electron chi connectivity index (χ0n) is 19.3. The first-order valence-electron chi connectivity index (χ1n) is 11.3. The van der Waals surface area contributed by atoms with Gasteiger partial charge in [-0.3, -0.25) is 0 Å². The SMILES string of the molecule is [2H]C([2H])([2H])c1ccnc(-c2cccc3c2oc2cc[c]4c(c23)-c2cccc[c]2[Ge]4([CH3])[CH3])c1. The topological polar surface area (TPSA) is 26.0 Å². The number of aryl methyl sites for hydroxylation is 1. The van der Waals surface area contributed by atoms with E-state index < -0.39 is 20.1 Å². The van der Waals surface area contributed by atoms with E-state index in [0.717, 1.165) is 27.5 Å². The molecule has 2 nitrogen and oxygen atoms in total. The third kappa shape index (κ3) is 2.27. The Hall–Kier alpha value is -2.85. The van der Waals surface area contributed by atoms with Crippen LogP contribution in [0.2, 0.25) is 11.5 Å². The van der Waals surface area contributed by atoms with Crippen molar-refractivity contribution in [1.82, 2.24) is 4.98 Å². The number of rotatable bonds is 1. The first-order chi connectivity index (χ1) is 15.3. The fourth-order valence-electron chi connectivity index (χ4n) is 4.86. The molecule has 6 rings (SSSR count). The minimum atomic E-state index is -2.38. The normalized spacial score (nSPS) is 16.3. The number of furan rings is 1. The van der Waals surface area contributed by atoms with Crippen molar-refractivity contribution in [2.24, 2.45) is 0 Å². The Morgan fingerprint density at radius 2 is 1.76 bits per heavy atom. The molecule has 1 aliphatic heterocycles. The second-order valence-corrected chi connectivity index (χ2v) is 17.3. The maximum atomic E-state index is 7.76. The third-order valence-corrected chi connectivity index (χ3v) is 13.7. The van der Waals surface area contributed by atoms with E-state index in [1.165, 1.54) is 19.9 Å². The predicted molar refractivity (Wildman–Crippen MR) is 124 cm³/mol. The number of para-hydroxylation sites is 1. The van der Waals surface area contributed by atoms with E-state index in [9.17, 15) is 0 Å². The quantitative estimate of drug-likeness (QED) is 0.311. The number of aromatic nitrogens is 1. The van der Waals surface area contributed by atoms with Crippen LogP contribution in [0.5, 0.6) is 0 Å². The van der Waals surface area contributed by atoms with Crippen molar-refractivity contribution in [2.45, 2.75) is 18.4 Å². The van der Waals surface area contributed by atoms with Gasteiger partial charge in [0.2, 0.25) is 0 Å². The summed E-state index contributed by atoms with van der Waals surface area (Å²) in [6.45, 7) is -2.18. The van der Waals surface area contributed by atoms with Crippen LogP contribution >= 0.6 is 0 Å². The number of hydrogen-bond acceptors (Lipinski definition) is 2. The van der Waals surface area contributed by atoms with E-state index in [4.69, 9.17) is 8.53 Å². The van der Waals surface area contributed by atoms with E-state index in [1.54, 1.807) is 18.3 Å². The van der Waals surface area contributed by atoms with E-state index in [-0.39, 0.29) is 5.56 Å². The molecule has 0 spiro atoms. The van der Waals surface area contributed by atoms with Crippen LogP contribution in [0.1, 0.15) is 9.68 Å². The van der Waals surface area contributed by atoms with Crippen LogP contribution in [-0.2, 0) is 0 Å². The van der Waals surface area contributed by atoms with Crippen LogP contribution in [0, 0.1) is 6.85 Å². The van der Waals surface area contributed by atoms with Gasteiger partial charge < -0.3 is 0 Å². The molecule has 29 heavy (non-hydrogen) atoms. The van der Waals surface area contributed by atoms with Crippen molar-refractivity contribution in [1.29, 1.82) is 0 Å². The predicted octanol–water partition coefficient (Wildman–Crippen LogP) is 5.76. The summed E-state index contributed by atoms with van der Waals surface area (Å²) in [5.41, 5.74) is 5.94. The molecular formula is C26H21GeNO. The summed E-state index contributed by atoms with van der Waals surface area (Å²) in [7, 11) is 0. The molecule has 0 amide bonds. The molecule has 0 unspecified atom stereocenters. The molecule has 5 aromatic rings. The molecule has 140 valence electrons. The molecule has 3 aromatic carbocycles.